The molecule has 0 saturated carbocycles. The zero-order chi connectivity index (χ0) is 9.38. The van der Waals surface area contributed by atoms with Crippen molar-refractivity contribution in [1.29, 1.82) is 0 Å². The molecule has 0 amide bonds. The Morgan fingerprint density at radius 3 is 3.21 bits per heavy atom. The molecular weight excluding hydrogens is 172 g/mol. The van der Waals surface area contributed by atoms with Crippen molar-refractivity contribution < 1.29 is 0 Å². The SMILES string of the molecule is c1ccc2c(c1)CCN1NCCCC21. The summed E-state index contributed by atoms with van der Waals surface area (Å²) in [6, 6.07) is 9.52. The molecule has 1 fully saturated rings. The zero-order valence-electron chi connectivity index (χ0n) is 8.37. The van der Waals surface area contributed by atoms with E-state index in [0.29, 0.717) is 6.04 Å². The number of benzene rings is 1. The first-order valence-electron chi connectivity index (χ1n) is 5.53. The second-order valence-corrected chi connectivity index (χ2v) is 4.21. The predicted molar refractivity (Wildman–Crippen MR) is 56.8 cm³/mol. The van der Waals surface area contributed by atoms with Crippen LogP contribution in [0.15, 0.2) is 24.3 Å². The van der Waals surface area contributed by atoms with Crippen LogP contribution in [0.2, 0.25) is 0 Å². The van der Waals surface area contributed by atoms with E-state index in [1.807, 2.05) is 0 Å². The van der Waals surface area contributed by atoms with Crippen molar-refractivity contribution in [3.63, 3.8) is 0 Å². The van der Waals surface area contributed by atoms with E-state index >= 15 is 0 Å². The lowest BCUT2D eigenvalue weighted by Gasteiger charge is -2.40. The number of nitrogens with zero attached hydrogens (tertiary/aromatic N) is 1. The number of rotatable bonds is 0. The van der Waals surface area contributed by atoms with Gasteiger partial charge in [-0.2, -0.15) is 0 Å². The third-order valence-corrected chi connectivity index (χ3v) is 3.38. The zero-order valence-corrected chi connectivity index (χ0v) is 8.37. The van der Waals surface area contributed by atoms with Gasteiger partial charge in [0.1, 0.15) is 0 Å². The van der Waals surface area contributed by atoms with Crippen LogP contribution in [0, 0.1) is 0 Å². The van der Waals surface area contributed by atoms with Crippen molar-refractivity contribution in [2.24, 2.45) is 0 Å². The molecule has 2 nitrogen and oxygen atoms in total. The van der Waals surface area contributed by atoms with Crippen LogP contribution in [0.25, 0.3) is 0 Å². The van der Waals surface area contributed by atoms with Gasteiger partial charge in [0, 0.05) is 19.1 Å². The fourth-order valence-electron chi connectivity index (χ4n) is 2.67. The molecule has 1 atom stereocenters. The summed E-state index contributed by atoms with van der Waals surface area (Å²) < 4.78 is 0. The van der Waals surface area contributed by atoms with Crippen LogP contribution in [-0.2, 0) is 6.42 Å². The van der Waals surface area contributed by atoms with Gasteiger partial charge in [0.15, 0.2) is 0 Å². The molecule has 0 aliphatic carbocycles. The van der Waals surface area contributed by atoms with E-state index in [0.717, 1.165) is 6.54 Å². The Bertz CT molecular complexity index is 335. The Labute approximate surface area is 84.9 Å². The van der Waals surface area contributed by atoms with E-state index in [2.05, 4.69) is 34.7 Å². The minimum Gasteiger partial charge on any atom is -0.255 e. The molecule has 0 aromatic heterocycles. The van der Waals surface area contributed by atoms with Crippen molar-refractivity contribution in [2.75, 3.05) is 13.1 Å². The lowest BCUT2D eigenvalue weighted by molar-refractivity contribution is 0.0753. The molecular formula is C12H16N2. The first-order valence-corrected chi connectivity index (χ1v) is 5.53. The molecule has 3 rings (SSSR count). The fourth-order valence-corrected chi connectivity index (χ4v) is 2.67. The van der Waals surface area contributed by atoms with Gasteiger partial charge in [0.2, 0.25) is 0 Å². The van der Waals surface area contributed by atoms with Gasteiger partial charge in [0.25, 0.3) is 0 Å². The summed E-state index contributed by atoms with van der Waals surface area (Å²) in [4.78, 5) is 0. The highest BCUT2D eigenvalue weighted by Crippen LogP contribution is 2.33. The molecule has 0 spiro atoms. The molecule has 2 heteroatoms. The molecule has 1 aromatic carbocycles. The molecule has 0 bridgehead atoms. The van der Waals surface area contributed by atoms with Crippen LogP contribution in [0.4, 0.5) is 0 Å². The monoisotopic (exact) mass is 188 g/mol. The van der Waals surface area contributed by atoms with Crippen molar-refractivity contribution in [2.45, 2.75) is 25.3 Å². The second-order valence-electron chi connectivity index (χ2n) is 4.21. The highest BCUT2D eigenvalue weighted by molar-refractivity contribution is 5.32. The number of hydrogen-bond donors (Lipinski definition) is 1. The quantitative estimate of drug-likeness (QED) is 0.669. The first kappa shape index (κ1) is 8.45. The van der Waals surface area contributed by atoms with Gasteiger partial charge >= 0.3 is 0 Å². The Morgan fingerprint density at radius 2 is 2.21 bits per heavy atom. The van der Waals surface area contributed by atoms with Gasteiger partial charge in [-0.25, -0.2) is 5.01 Å². The summed E-state index contributed by atoms with van der Waals surface area (Å²) >= 11 is 0. The summed E-state index contributed by atoms with van der Waals surface area (Å²) in [5, 5.41) is 2.42. The highest BCUT2D eigenvalue weighted by Gasteiger charge is 2.28. The fraction of sp³-hybridized carbons (Fsp3) is 0.500. The highest BCUT2D eigenvalue weighted by atomic mass is 15.5. The average molecular weight is 188 g/mol. The lowest BCUT2D eigenvalue weighted by Crippen LogP contribution is -2.48. The maximum atomic E-state index is 3.50. The summed E-state index contributed by atoms with van der Waals surface area (Å²) in [5.41, 5.74) is 6.60. The van der Waals surface area contributed by atoms with Gasteiger partial charge in [-0.1, -0.05) is 24.3 Å². The topological polar surface area (TPSA) is 15.3 Å². The summed E-state index contributed by atoms with van der Waals surface area (Å²) in [5.74, 6) is 0. The number of fused-ring (bicyclic) bond motifs is 3. The molecule has 0 radical (unpaired) electrons. The normalized spacial score (nSPS) is 26.7. The van der Waals surface area contributed by atoms with Crippen molar-refractivity contribution in [1.82, 2.24) is 10.4 Å². The van der Waals surface area contributed by atoms with Crippen molar-refractivity contribution >= 4 is 0 Å². The van der Waals surface area contributed by atoms with E-state index < -0.39 is 0 Å². The van der Waals surface area contributed by atoms with E-state index in [1.54, 1.807) is 11.1 Å². The van der Waals surface area contributed by atoms with Crippen LogP contribution < -0.4 is 5.43 Å². The number of hydrazine groups is 1. The van der Waals surface area contributed by atoms with Crippen molar-refractivity contribution in [3.05, 3.63) is 35.4 Å². The number of nitrogens with one attached hydrogen (secondary N) is 1. The molecule has 1 saturated heterocycles. The summed E-state index contributed by atoms with van der Waals surface area (Å²) in [7, 11) is 0. The molecule has 2 aliphatic heterocycles. The molecule has 2 aliphatic rings. The standard InChI is InChI=1S/C12H16N2/c1-2-5-11-10(4-1)7-9-14-12(11)6-3-8-13-14/h1-2,4-5,12-13H,3,6-9H2. The van der Waals surface area contributed by atoms with E-state index in [9.17, 15) is 0 Å². The van der Waals surface area contributed by atoms with Gasteiger partial charge < -0.3 is 0 Å². The second kappa shape index (κ2) is 3.37. The van der Waals surface area contributed by atoms with Crippen molar-refractivity contribution in [3.8, 4) is 0 Å². The molecule has 14 heavy (non-hydrogen) atoms. The molecule has 1 N–H and O–H groups in total. The van der Waals surface area contributed by atoms with Gasteiger partial charge in [0.05, 0.1) is 0 Å². The predicted octanol–water partition coefficient (Wildman–Crippen LogP) is 1.88. The van der Waals surface area contributed by atoms with Crippen LogP contribution in [0.5, 0.6) is 0 Å². The van der Waals surface area contributed by atoms with E-state index in [1.165, 1.54) is 25.8 Å². The van der Waals surface area contributed by atoms with Gasteiger partial charge in [-0.15, -0.1) is 0 Å². The van der Waals surface area contributed by atoms with Gasteiger partial charge in [-0.3, -0.25) is 5.43 Å². The third-order valence-electron chi connectivity index (χ3n) is 3.38. The minimum absolute atomic E-state index is 0.633. The Balaban J connectivity index is 1.99. The maximum absolute atomic E-state index is 3.50. The lowest BCUT2D eigenvalue weighted by atomic mass is 9.90. The molecule has 74 valence electrons. The first-order chi connectivity index (χ1) is 6.95. The summed E-state index contributed by atoms with van der Waals surface area (Å²) in [6.07, 6.45) is 3.80. The summed E-state index contributed by atoms with van der Waals surface area (Å²) in [6.45, 7) is 2.32. The maximum Gasteiger partial charge on any atom is 0.0496 e. The molecule has 2 heterocycles. The van der Waals surface area contributed by atoms with E-state index in [4.69, 9.17) is 0 Å². The van der Waals surface area contributed by atoms with Crippen LogP contribution in [0.1, 0.15) is 30.0 Å². The Hall–Kier alpha value is -0.860. The number of hydrogen-bond acceptors (Lipinski definition) is 2. The van der Waals surface area contributed by atoms with Gasteiger partial charge in [-0.05, 0) is 30.4 Å². The van der Waals surface area contributed by atoms with Crippen LogP contribution in [0.3, 0.4) is 0 Å². The minimum atomic E-state index is 0.633. The average Bonchev–Trinajstić information content (AvgIpc) is 2.29. The third kappa shape index (κ3) is 1.26. The van der Waals surface area contributed by atoms with E-state index in [-0.39, 0.29) is 0 Å². The molecule has 1 aromatic rings. The Morgan fingerprint density at radius 1 is 1.29 bits per heavy atom. The Kier molecular flexibility index (Phi) is 2.03. The smallest absolute Gasteiger partial charge is 0.0496 e. The molecule has 1 unspecified atom stereocenters. The van der Waals surface area contributed by atoms with Crippen LogP contribution in [-0.4, -0.2) is 18.1 Å². The largest absolute Gasteiger partial charge is 0.255 e. The van der Waals surface area contributed by atoms with Crippen LogP contribution >= 0.6 is 0 Å².